The Morgan fingerprint density at radius 1 is 0.800 bits per heavy atom. The molecule has 0 amide bonds. The molecule has 0 bridgehead atoms. The SMILES string of the molecule is CC(C)O[Si](OC(C)C)(OC(C)C)C1=CCCCCC1. The minimum atomic E-state index is -2.76. The summed E-state index contributed by atoms with van der Waals surface area (Å²) < 4.78 is 18.8. The minimum Gasteiger partial charge on any atom is -0.368 e. The first-order valence-electron chi connectivity index (χ1n) is 8.08. The van der Waals surface area contributed by atoms with Crippen LogP contribution in [0.1, 0.15) is 73.6 Å². The van der Waals surface area contributed by atoms with E-state index in [2.05, 4.69) is 47.6 Å². The lowest BCUT2D eigenvalue weighted by Gasteiger charge is -2.36. The van der Waals surface area contributed by atoms with Gasteiger partial charge in [0.2, 0.25) is 0 Å². The van der Waals surface area contributed by atoms with E-state index < -0.39 is 8.80 Å². The van der Waals surface area contributed by atoms with Crippen molar-refractivity contribution in [1.29, 1.82) is 0 Å². The Hall–Kier alpha value is -0.163. The van der Waals surface area contributed by atoms with Crippen LogP contribution < -0.4 is 0 Å². The average Bonchev–Trinajstić information content (AvgIpc) is 2.54. The second-order valence-electron chi connectivity index (χ2n) is 6.38. The molecule has 0 atom stereocenters. The van der Waals surface area contributed by atoms with Crippen LogP contribution in [0.2, 0.25) is 0 Å². The van der Waals surface area contributed by atoms with E-state index in [-0.39, 0.29) is 18.3 Å². The lowest BCUT2D eigenvalue weighted by atomic mass is 10.2. The first-order chi connectivity index (χ1) is 9.35. The van der Waals surface area contributed by atoms with Crippen molar-refractivity contribution in [2.75, 3.05) is 0 Å². The number of rotatable bonds is 7. The Morgan fingerprint density at radius 3 is 1.75 bits per heavy atom. The summed E-state index contributed by atoms with van der Waals surface area (Å²) in [7, 11) is -2.76. The van der Waals surface area contributed by atoms with Crippen molar-refractivity contribution >= 4 is 8.80 Å². The molecule has 118 valence electrons. The molecule has 0 aromatic rings. The van der Waals surface area contributed by atoms with Crippen molar-refractivity contribution in [3.8, 4) is 0 Å². The van der Waals surface area contributed by atoms with Gasteiger partial charge in [-0.25, -0.2) is 0 Å². The first-order valence-corrected chi connectivity index (χ1v) is 9.81. The summed E-state index contributed by atoms with van der Waals surface area (Å²) in [5.41, 5.74) is 0. The lowest BCUT2D eigenvalue weighted by molar-refractivity contribution is 0.0102. The van der Waals surface area contributed by atoms with Crippen LogP contribution in [0, 0.1) is 0 Å². The van der Waals surface area contributed by atoms with E-state index in [1.165, 1.54) is 24.5 Å². The fourth-order valence-electron chi connectivity index (χ4n) is 2.53. The van der Waals surface area contributed by atoms with Crippen LogP contribution in [0.5, 0.6) is 0 Å². The number of allylic oxidation sites excluding steroid dienone is 2. The Labute approximate surface area is 126 Å². The van der Waals surface area contributed by atoms with Gasteiger partial charge >= 0.3 is 8.80 Å². The van der Waals surface area contributed by atoms with Gasteiger partial charge in [-0.15, -0.1) is 0 Å². The zero-order valence-electron chi connectivity index (χ0n) is 14.1. The molecule has 0 saturated carbocycles. The maximum atomic E-state index is 6.28. The second kappa shape index (κ2) is 8.32. The predicted octanol–water partition coefficient (Wildman–Crippen LogP) is 4.63. The Balaban J connectivity index is 3.07. The van der Waals surface area contributed by atoms with Crippen LogP contribution in [-0.4, -0.2) is 27.1 Å². The Bertz CT molecular complexity index is 284. The molecule has 0 fully saturated rings. The van der Waals surface area contributed by atoms with Crippen molar-refractivity contribution in [2.24, 2.45) is 0 Å². The molecule has 1 rings (SSSR count). The van der Waals surface area contributed by atoms with Crippen LogP contribution >= 0.6 is 0 Å². The fourth-order valence-corrected chi connectivity index (χ4v) is 5.89. The van der Waals surface area contributed by atoms with Crippen molar-refractivity contribution < 1.29 is 13.3 Å². The molecule has 0 spiro atoms. The molecule has 1 aliphatic rings. The first kappa shape index (κ1) is 17.9. The molecular formula is C16H32O3Si. The smallest absolute Gasteiger partial charge is 0.368 e. The largest absolute Gasteiger partial charge is 0.533 e. The van der Waals surface area contributed by atoms with Crippen molar-refractivity contribution in [3.05, 3.63) is 11.3 Å². The van der Waals surface area contributed by atoms with Gasteiger partial charge in [0.25, 0.3) is 0 Å². The van der Waals surface area contributed by atoms with Crippen LogP contribution in [0.15, 0.2) is 11.3 Å². The topological polar surface area (TPSA) is 27.7 Å². The van der Waals surface area contributed by atoms with Crippen molar-refractivity contribution in [1.82, 2.24) is 0 Å². The van der Waals surface area contributed by atoms with Gasteiger partial charge < -0.3 is 13.3 Å². The molecule has 0 radical (unpaired) electrons. The van der Waals surface area contributed by atoms with Crippen molar-refractivity contribution in [3.63, 3.8) is 0 Å². The minimum absolute atomic E-state index is 0.114. The van der Waals surface area contributed by atoms with E-state index >= 15 is 0 Å². The number of hydrogen-bond donors (Lipinski definition) is 0. The zero-order chi connectivity index (χ0) is 15.2. The van der Waals surface area contributed by atoms with Crippen molar-refractivity contribution in [2.45, 2.75) is 92.0 Å². The van der Waals surface area contributed by atoms with E-state index in [1.54, 1.807) is 0 Å². The molecule has 20 heavy (non-hydrogen) atoms. The quantitative estimate of drug-likeness (QED) is 0.642. The maximum Gasteiger partial charge on any atom is 0.533 e. The molecule has 1 aliphatic carbocycles. The molecule has 0 heterocycles. The van der Waals surface area contributed by atoms with Gasteiger partial charge in [-0.2, -0.15) is 0 Å². The Morgan fingerprint density at radius 2 is 1.30 bits per heavy atom. The second-order valence-corrected chi connectivity index (χ2v) is 8.85. The third-order valence-corrected chi connectivity index (χ3v) is 6.69. The highest BCUT2D eigenvalue weighted by Crippen LogP contribution is 2.31. The predicted molar refractivity (Wildman–Crippen MR) is 85.6 cm³/mol. The third-order valence-electron chi connectivity index (χ3n) is 3.11. The standard InChI is InChI=1S/C16H32O3Si/c1-13(2)17-20(18-14(3)4,19-15(5)6)16-11-9-7-8-10-12-16/h11,13-15H,7-10,12H2,1-6H3. The third kappa shape index (κ3) is 5.68. The normalized spacial score (nSPS) is 17.8. The monoisotopic (exact) mass is 300 g/mol. The van der Waals surface area contributed by atoms with E-state index in [1.807, 2.05) is 0 Å². The van der Waals surface area contributed by atoms with Gasteiger partial charge in [-0.3, -0.25) is 0 Å². The molecule has 0 aromatic carbocycles. The van der Waals surface area contributed by atoms with Gasteiger partial charge in [-0.1, -0.05) is 12.5 Å². The zero-order valence-corrected chi connectivity index (χ0v) is 15.1. The number of hydrogen-bond acceptors (Lipinski definition) is 3. The molecule has 3 nitrogen and oxygen atoms in total. The van der Waals surface area contributed by atoms with E-state index in [0.717, 1.165) is 12.8 Å². The summed E-state index contributed by atoms with van der Waals surface area (Å²) in [6.07, 6.45) is 8.61. The van der Waals surface area contributed by atoms with Crippen LogP contribution in [0.4, 0.5) is 0 Å². The molecule has 0 saturated heterocycles. The molecule has 0 aromatic heterocycles. The highest BCUT2D eigenvalue weighted by molar-refractivity contribution is 6.69. The van der Waals surface area contributed by atoms with E-state index in [0.29, 0.717) is 0 Å². The van der Waals surface area contributed by atoms with Gasteiger partial charge in [0.05, 0.1) is 0 Å². The van der Waals surface area contributed by atoms with E-state index in [4.69, 9.17) is 13.3 Å². The van der Waals surface area contributed by atoms with E-state index in [9.17, 15) is 0 Å². The highest BCUT2D eigenvalue weighted by atomic mass is 28.4. The van der Waals surface area contributed by atoms with Gasteiger partial charge in [0.1, 0.15) is 0 Å². The van der Waals surface area contributed by atoms with Crippen LogP contribution in [-0.2, 0) is 13.3 Å². The summed E-state index contributed by atoms with van der Waals surface area (Å²) >= 11 is 0. The molecular weight excluding hydrogens is 268 g/mol. The van der Waals surface area contributed by atoms with Gasteiger partial charge in [0.15, 0.2) is 0 Å². The van der Waals surface area contributed by atoms with Crippen LogP contribution in [0.25, 0.3) is 0 Å². The summed E-state index contributed by atoms with van der Waals surface area (Å²) in [6, 6.07) is 0. The maximum absolute atomic E-state index is 6.28. The average molecular weight is 301 g/mol. The molecule has 4 heteroatoms. The highest BCUT2D eigenvalue weighted by Gasteiger charge is 2.48. The van der Waals surface area contributed by atoms with Crippen LogP contribution in [0.3, 0.4) is 0 Å². The summed E-state index contributed by atoms with van der Waals surface area (Å²) in [4.78, 5) is 0. The molecule has 0 unspecified atom stereocenters. The van der Waals surface area contributed by atoms with Gasteiger partial charge in [-0.05, 0) is 72.4 Å². The lowest BCUT2D eigenvalue weighted by Crippen LogP contribution is -2.52. The fraction of sp³-hybridized carbons (Fsp3) is 0.875. The Kier molecular flexibility index (Phi) is 7.44. The van der Waals surface area contributed by atoms with Gasteiger partial charge in [0, 0.05) is 18.3 Å². The summed E-state index contributed by atoms with van der Waals surface area (Å²) in [5.74, 6) is 0. The summed E-state index contributed by atoms with van der Waals surface area (Å²) in [6.45, 7) is 12.4. The molecule has 0 aliphatic heterocycles. The molecule has 0 N–H and O–H groups in total. The summed E-state index contributed by atoms with van der Waals surface area (Å²) in [5, 5.41) is 1.30.